The van der Waals surface area contributed by atoms with Crippen LogP contribution in [0.3, 0.4) is 0 Å². The molecule has 1 saturated heterocycles. The number of carbonyl (C=O) groups excluding carboxylic acids is 1. The molecule has 0 aromatic heterocycles. The van der Waals surface area contributed by atoms with E-state index in [4.69, 9.17) is 0 Å². The number of unbranched alkanes of at least 4 members (excludes halogenated alkanes) is 1. The van der Waals surface area contributed by atoms with Gasteiger partial charge in [-0.2, -0.15) is 0 Å². The van der Waals surface area contributed by atoms with Crippen molar-refractivity contribution in [1.82, 2.24) is 4.90 Å². The Morgan fingerprint density at radius 1 is 0.812 bits per heavy atom. The van der Waals surface area contributed by atoms with E-state index in [0.717, 1.165) is 32.6 Å². The van der Waals surface area contributed by atoms with Gasteiger partial charge in [0.25, 0.3) is 0 Å². The fourth-order valence-electron chi connectivity index (χ4n) is 5.58. The minimum Gasteiger partial charge on any atom is -0.368 e. The summed E-state index contributed by atoms with van der Waals surface area (Å²) < 4.78 is 0. The van der Waals surface area contributed by atoms with Crippen LogP contribution in [-0.4, -0.2) is 42.9 Å². The summed E-state index contributed by atoms with van der Waals surface area (Å²) in [6, 6.07) is 28.2. The summed E-state index contributed by atoms with van der Waals surface area (Å²) in [6.07, 6.45) is 3.48. The Bertz CT molecular complexity index is 1030. The van der Waals surface area contributed by atoms with Crippen LogP contribution in [0.15, 0.2) is 78.9 Å². The highest BCUT2D eigenvalue weighted by molar-refractivity contribution is 5.82. The van der Waals surface area contributed by atoms with Gasteiger partial charge in [-0.3, -0.25) is 9.69 Å². The van der Waals surface area contributed by atoms with Crippen LogP contribution in [0.5, 0.6) is 0 Å². The lowest BCUT2D eigenvalue weighted by molar-refractivity contribution is -0.122. The zero-order valence-corrected chi connectivity index (χ0v) is 18.9. The first-order valence-corrected chi connectivity index (χ1v) is 11.9. The number of carbonyl (C=O) groups is 1. The van der Waals surface area contributed by atoms with Gasteiger partial charge in [0.1, 0.15) is 5.78 Å². The van der Waals surface area contributed by atoms with Gasteiger partial charge in [0.2, 0.25) is 0 Å². The number of piperazine rings is 1. The SMILES string of the molecule is CC(=O)C1CN(c2ccccc2)CCN1CCCCC1c2ccccc2-c2ccccc21. The Kier molecular flexibility index (Phi) is 6.09. The maximum absolute atomic E-state index is 12.4. The molecule has 32 heavy (non-hydrogen) atoms. The Balaban J connectivity index is 1.19. The van der Waals surface area contributed by atoms with E-state index < -0.39 is 0 Å². The molecule has 1 aliphatic carbocycles. The molecule has 5 rings (SSSR count). The number of nitrogens with zero attached hydrogens (tertiary/aromatic N) is 2. The van der Waals surface area contributed by atoms with Crippen molar-refractivity contribution in [2.24, 2.45) is 0 Å². The smallest absolute Gasteiger partial charge is 0.148 e. The monoisotopic (exact) mass is 424 g/mol. The maximum Gasteiger partial charge on any atom is 0.148 e. The number of para-hydroxylation sites is 1. The second-order valence-electron chi connectivity index (χ2n) is 9.17. The lowest BCUT2D eigenvalue weighted by Gasteiger charge is -2.41. The van der Waals surface area contributed by atoms with Crippen molar-refractivity contribution in [2.45, 2.75) is 38.1 Å². The van der Waals surface area contributed by atoms with Crippen molar-refractivity contribution in [1.29, 1.82) is 0 Å². The van der Waals surface area contributed by atoms with E-state index in [2.05, 4.69) is 82.6 Å². The molecule has 1 fully saturated rings. The van der Waals surface area contributed by atoms with Crippen LogP contribution in [0.4, 0.5) is 5.69 Å². The summed E-state index contributed by atoms with van der Waals surface area (Å²) in [5, 5.41) is 0. The number of hydrogen-bond donors (Lipinski definition) is 0. The molecule has 1 heterocycles. The molecule has 2 aliphatic rings. The Morgan fingerprint density at radius 2 is 1.44 bits per heavy atom. The highest BCUT2D eigenvalue weighted by Gasteiger charge is 2.31. The topological polar surface area (TPSA) is 23.6 Å². The van der Waals surface area contributed by atoms with Crippen LogP contribution in [-0.2, 0) is 4.79 Å². The van der Waals surface area contributed by atoms with Gasteiger partial charge in [0, 0.05) is 31.2 Å². The maximum atomic E-state index is 12.4. The molecule has 1 unspecified atom stereocenters. The molecule has 1 aliphatic heterocycles. The van der Waals surface area contributed by atoms with Crippen molar-refractivity contribution in [3.63, 3.8) is 0 Å². The molecular formula is C29H32N2O. The minimum absolute atomic E-state index is 0.00288. The number of anilines is 1. The highest BCUT2D eigenvalue weighted by atomic mass is 16.1. The molecule has 0 radical (unpaired) electrons. The average Bonchev–Trinajstić information content (AvgIpc) is 3.16. The van der Waals surface area contributed by atoms with Gasteiger partial charge in [-0.05, 0) is 60.7 Å². The van der Waals surface area contributed by atoms with E-state index in [1.54, 1.807) is 6.92 Å². The van der Waals surface area contributed by atoms with E-state index in [-0.39, 0.29) is 11.8 Å². The van der Waals surface area contributed by atoms with Crippen molar-refractivity contribution in [3.8, 4) is 11.1 Å². The molecule has 0 amide bonds. The normalized spacial score (nSPS) is 18.4. The lowest BCUT2D eigenvalue weighted by atomic mass is 9.91. The first kappa shape index (κ1) is 21.0. The molecule has 0 bridgehead atoms. The van der Waals surface area contributed by atoms with Gasteiger partial charge in [-0.1, -0.05) is 73.2 Å². The van der Waals surface area contributed by atoms with E-state index in [1.165, 1.54) is 40.8 Å². The molecule has 3 aromatic carbocycles. The summed E-state index contributed by atoms with van der Waals surface area (Å²) in [7, 11) is 0. The van der Waals surface area contributed by atoms with Crippen molar-refractivity contribution < 1.29 is 4.79 Å². The van der Waals surface area contributed by atoms with Crippen LogP contribution in [0.25, 0.3) is 11.1 Å². The van der Waals surface area contributed by atoms with Crippen LogP contribution in [0.2, 0.25) is 0 Å². The summed E-state index contributed by atoms with van der Waals surface area (Å²) >= 11 is 0. The van der Waals surface area contributed by atoms with Crippen LogP contribution in [0.1, 0.15) is 43.2 Å². The van der Waals surface area contributed by atoms with Gasteiger partial charge < -0.3 is 4.90 Å². The van der Waals surface area contributed by atoms with Crippen LogP contribution >= 0.6 is 0 Å². The zero-order chi connectivity index (χ0) is 21.9. The Hall–Kier alpha value is -2.91. The van der Waals surface area contributed by atoms with Gasteiger partial charge in [-0.25, -0.2) is 0 Å². The molecular weight excluding hydrogens is 392 g/mol. The molecule has 0 N–H and O–H groups in total. The van der Waals surface area contributed by atoms with Crippen molar-refractivity contribution in [2.75, 3.05) is 31.1 Å². The molecule has 1 atom stereocenters. The first-order chi connectivity index (χ1) is 15.7. The number of fused-ring (bicyclic) bond motifs is 3. The van der Waals surface area contributed by atoms with Crippen LogP contribution in [0, 0.1) is 0 Å². The largest absolute Gasteiger partial charge is 0.368 e. The standard InChI is InChI=1S/C29H32N2O/c1-22(32)29-21-31(23-11-3-2-4-12-23)20-19-30(29)18-10-9-17-28-26-15-7-5-13-24(26)25-14-6-8-16-27(25)28/h2-8,11-16,28-29H,9-10,17-21H2,1H3. The molecule has 164 valence electrons. The summed E-state index contributed by atoms with van der Waals surface area (Å²) in [5.41, 5.74) is 6.99. The first-order valence-electron chi connectivity index (χ1n) is 11.9. The number of Topliss-reactive ketones (excluding diaryl/α,β-unsaturated/α-hetero) is 1. The molecule has 3 nitrogen and oxygen atoms in total. The number of benzene rings is 3. The van der Waals surface area contributed by atoms with E-state index >= 15 is 0 Å². The second-order valence-corrected chi connectivity index (χ2v) is 9.17. The fourth-order valence-corrected chi connectivity index (χ4v) is 5.58. The van der Waals surface area contributed by atoms with Gasteiger partial charge >= 0.3 is 0 Å². The number of rotatable bonds is 7. The Morgan fingerprint density at radius 3 is 2.09 bits per heavy atom. The van der Waals surface area contributed by atoms with Crippen molar-refractivity contribution in [3.05, 3.63) is 90.0 Å². The third kappa shape index (κ3) is 4.10. The highest BCUT2D eigenvalue weighted by Crippen LogP contribution is 2.46. The molecule has 3 aromatic rings. The van der Waals surface area contributed by atoms with Gasteiger partial charge in [0.05, 0.1) is 6.04 Å². The third-order valence-electron chi connectivity index (χ3n) is 7.23. The average molecular weight is 425 g/mol. The second kappa shape index (κ2) is 9.30. The van der Waals surface area contributed by atoms with E-state index in [9.17, 15) is 4.79 Å². The van der Waals surface area contributed by atoms with Crippen molar-refractivity contribution >= 4 is 11.5 Å². The number of hydrogen-bond acceptors (Lipinski definition) is 3. The van der Waals surface area contributed by atoms with Crippen LogP contribution < -0.4 is 4.90 Å². The van der Waals surface area contributed by atoms with E-state index in [0.29, 0.717) is 5.92 Å². The number of ketones is 1. The minimum atomic E-state index is -0.00288. The lowest BCUT2D eigenvalue weighted by Crippen LogP contribution is -2.56. The predicted molar refractivity (Wildman–Crippen MR) is 132 cm³/mol. The quantitative estimate of drug-likeness (QED) is 0.451. The summed E-state index contributed by atoms with van der Waals surface area (Å²) in [5.74, 6) is 0.783. The molecule has 0 saturated carbocycles. The molecule has 3 heteroatoms. The van der Waals surface area contributed by atoms with Gasteiger partial charge in [0.15, 0.2) is 0 Å². The molecule has 0 spiro atoms. The van der Waals surface area contributed by atoms with E-state index in [1.807, 2.05) is 6.07 Å². The summed E-state index contributed by atoms with van der Waals surface area (Å²) in [6.45, 7) is 5.48. The third-order valence-corrected chi connectivity index (χ3v) is 7.23. The fraction of sp³-hybridized carbons (Fsp3) is 0.345. The summed E-state index contributed by atoms with van der Waals surface area (Å²) in [4.78, 5) is 17.2. The Labute approximate surface area is 191 Å². The van der Waals surface area contributed by atoms with Gasteiger partial charge in [-0.15, -0.1) is 0 Å². The zero-order valence-electron chi connectivity index (χ0n) is 18.9. The predicted octanol–water partition coefficient (Wildman–Crippen LogP) is 5.75.